The highest BCUT2D eigenvalue weighted by atomic mass is 35.5. The summed E-state index contributed by atoms with van der Waals surface area (Å²) in [4.78, 5) is 15.9. The number of hydrogen-bond donors (Lipinski definition) is 1. The summed E-state index contributed by atoms with van der Waals surface area (Å²) in [6, 6.07) is 4.60. The van der Waals surface area contributed by atoms with Crippen LogP contribution in [0.2, 0.25) is 0 Å². The molecule has 5 nitrogen and oxygen atoms in total. The van der Waals surface area contributed by atoms with Crippen molar-refractivity contribution in [2.45, 2.75) is 31.3 Å². The second-order valence-electron chi connectivity index (χ2n) is 6.15. The van der Waals surface area contributed by atoms with Gasteiger partial charge in [-0.2, -0.15) is 0 Å². The van der Waals surface area contributed by atoms with Gasteiger partial charge in [-0.15, -0.1) is 38.0 Å². The number of carboxylic acid groups (broad SMARTS) is 1. The number of aliphatic carboxylic acids is 1. The van der Waals surface area contributed by atoms with E-state index in [0.717, 1.165) is 32.0 Å². The van der Waals surface area contributed by atoms with Crippen molar-refractivity contribution < 1.29 is 27.8 Å². The fraction of sp³-hybridized carbons (Fsp3) is 0.562. The van der Waals surface area contributed by atoms with Gasteiger partial charge in [0.25, 0.3) is 0 Å². The number of piperazine rings is 1. The highest BCUT2D eigenvalue weighted by molar-refractivity contribution is 5.85. The minimum Gasteiger partial charge on any atom is -0.480 e. The molecule has 148 valence electrons. The molecule has 26 heavy (non-hydrogen) atoms. The minimum atomic E-state index is -4.86. The molecule has 1 aromatic rings. The summed E-state index contributed by atoms with van der Waals surface area (Å²) in [6.45, 7) is 2.78. The summed E-state index contributed by atoms with van der Waals surface area (Å²) in [5.41, 5.74) is 0.0359. The van der Waals surface area contributed by atoms with Crippen LogP contribution in [0.25, 0.3) is 0 Å². The highest BCUT2D eigenvalue weighted by Gasteiger charge is 2.39. The van der Waals surface area contributed by atoms with Crippen LogP contribution in [0.5, 0.6) is 5.75 Å². The zero-order chi connectivity index (χ0) is 17.3. The van der Waals surface area contributed by atoms with Crippen molar-refractivity contribution in [3.05, 3.63) is 29.8 Å². The lowest BCUT2D eigenvalue weighted by Gasteiger charge is -2.40. The van der Waals surface area contributed by atoms with Crippen molar-refractivity contribution in [1.29, 1.82) is 0 Å². The number of hydrogen-bond acceptors (Lipinski definition) is 4. The molecule has 0 aliphatic carbocycles. The van der Waals surface area contributed by atoms with Crippen molar-refractivity contribution in [3.63, 3.8) is 0 Å². The molecular weight excluding hydrogens is 396 g/mol. The Morgan fingerprint density at radius 2 is 1.88 bits per heavy atom. The van der Waals surface area contributed by atoms with E-state index < -0.39 is 24.1 Å². The standard InChI is InChI=1S/C16H19F3N2O3.2ClH/c17-16(18,19)24-13-6-2-1-5-12(13)14(15(22)23)21-9-8-20-7-3-4-11(20)10-21;;/h1-2,5-6,11,14H,3-4,7-10H2,(H,22,23);2*1H. The van der Waals surface area contributed by atoms with Crippen molar-refractivity contribution in [2.75, 3.05) is 26.2 Å². The molecule has 0 saturated carbocycles. The molecule has 0 aromatic heterocycles. The molecule has 10 heteroatoms. The van der Waals surface area contributed by atoms with Gasteiger partial charge in [0.15, 0.2) is 0 Å². The van der Waals surface area contributed by atoms with Gasteiger partial charge in [0.05, 0.1) is 0 Å². The average Bonchev–Trinajstić information content (AvgIpc) is 2.95. The largest absolute Gasteiger partial charge is 0.573 e. The van der Waals surface area contributed by atoms with E-state index in [0.29, 0.717) is 13.1 Å². The van der Waals surface area contributed by atoms with Crippen LogP contribution in [0.3, 0.4) is 0 Å². The molecule has 2 atom stereocenters. The zero-order valence-corrected chi connectivity index (χ0v) is 15.4. The molecule has 1 aromatic carbocycles. The summed E-state index contributed by atoms with van der Waals surface area (Å²) in [6.07, 6.45) is -2.79. The highest BCUT2D eigenvalue weighted by Crippen LogP contribution is 2.35. The zero-order valence-electron chi connectivity index (χ0n) is 13.8. The minimum absolute atomic E-state index is 0. The number of carboxylic acids is 1. The normalized spacial score (nSPS) is 21.9. The maximum atomic E-state index is 12.6. The third-order valence-corrected chi connectivity index (χ3v) is 4.66. The van der Waals surface area contributed by atoms with Gasteiger partial charge in [-0.05, 0) is 25.5 Å². The third-order valence-electron chi connectivity index (χ3n) is 4.66. The van der Waals surface area contributed by atoms with Gasteiger partial charge in [0, 0.05) is 31.2 Å². The van der Waals surface area contributed by atoms with Gasteiger partial charge in [-0.25, -0.2) is 0 Å². The first-order valence-electron chi connectivity index (χ1n) is 7.91. The number of carbonyl (C=O) groups is 1. The Morgan fingerprint density at radius 3 is 2.54 bits per heavy atom. The van der Waals surface area contributed by atoms with Crippen molar-refractivity contribution in [3.8, 4) is 5.75 Å². The van der Waals surface area contributed by atoms with Crippen molar-refractivity contribution in [2.24, 2.45) is 0 Å². The molecule has 2 aliphatic heterocycles. The number of halogens is 5. The summed E-state index contributed by atoms with van der Waals surface area (Å²) < 4.78 is 41.9. The molecule has 0 radical (unpaired) electrons. The summed E-state index contributed by atoms with van der Waals surface area (Å²) in [7, 11) is 0. The monoisotopic (exact) mass is 416 g/mol. The summed E-state index contributed by atoms with van der Waals surface area (Å²) in [5, 5.41) is 9.65. The lowest BCUT2D eigenvalue weighted by atomic mass is 10.0. The molecule has 2 unspecified atom stereocenters. The van der Waals surface area contributed by atoms with Crippen molar-refractivity contribution in [1.82, 2.24) is 9.80 Å². The third kappa shape index (κ3) is 5.16. The fourth-order valence-corrected chi connectivity index (χ4v) is 3.66. The number of nitrogens with zero attached hydrogens (tertiary/aromatic N) is 2. The van der Waals surface area contributed by atoms with E-state index in [2.05, 4.69) is 9.64 Å². The average molecular weight is 417 g/mol. The van der Waals surface area contributed by atoms with E-state index in [1.807, 2.05) is 0 Å². The Morgan fingerprint density at radius 1 is 1.19 bits per heavy atom. The topological polar surface area (TPSA) is 53.0 Å². The predicted octanol–water partition coefficient (Wildman–Crippen LogP) is 3.33. The van der Waals surface area contributed by atoms with Gasteiger partial charge in [-0.1, -0.05) is 18.2 Å². The second kappa shape index (κ2) is 9.12. The Kier molecular flexibility index (Phi) is 8.01. The molecule has 3 rings (SSSR count). The second-order valence-corrected chi connectivity index (χ2v) is 6.15. The van der Waals surface area contributed by atoms with Crippen LogP contribution in [0.15, 0.2) is 24.3 Å². The molecule has 0 spiro atoms. The number of para-hydroxylation sites is 1. The first-order valence-corrected chi connectivity index (χ1v) is 7.91. The van der Waals surface area contributed by atoms with Crippen LogP contribution in [0, 0.1) is 0 Å². The fourth-order valence-electron chi connectivity index (χ4n) is 3.66. The smallest absolute Gasteiger partial charge is 0.480 e. The molecule has 0 amide bonds. The van der Waals surface area contributed by atoms with E-state index in [9.17, 15) is 23.1 Å². The van der Waals surface area contributed by atoms with Crippen LogP contribution >= 0.6 is 24.8 Å². The van der Waals surface area contributed by atoms with Crippen molar-refractivity contribution >= 4 is 30.8 Å². The lowest BCUT2D eigenvalue weighted by Crippen LogP contribution is -2.52. The van der Waals surface area contributed by atoms with Crippen LogP contribution in [0.1, 0.15) is 24.4 Å². The maximum Gasteiger partial charge on any atom is 0.573 e. The number of benzene rings is 1. The molecule has 2 heterocycles. The van der Waals surface area contributed by atoms with Crippen LogP contribution in [0.4, 0.5) is 13.2 Å². The number of fused-ring (bicyclic) bond motifs is 1. The Bertz CT molecular complexity index is 619. The van der Waals surface area contributed by atoms with Gasteiger partial charge in [-0.3, -0.25) is 14.6 Å². The number of ether oxygens (including phenoxy) is 1. The van der Waals surface area contributed by atoms with E-state index in [1.54, 1.807) is 4.90 Å². The van der Waals surface area contributed by atoms with Crippen LogP contribution in [-0.4, -0.2) is 59.5 Å². The first-order chi connectivity index (χ1) is 11.3. The Labute approximate surface area is 161 Å². The Hall–Kier alpha value is -1.22. The molecular formula is C16H21Cl2F3N2O3. The number of alkyl halides is 3. The quantitative estimate of drug-likeness (QED) is 0.815. The first kappa shape index (κ1) is 22.8. The van der Waals surface area contributed by atoms with Gasteiger partial charge in [0.2, 0.25) is 0 Å². The van der Waals surface area contributed by atoms with Gasteiger partial charge < -0.3 is 9.84 Å². The van der Waals surface area contributed by atoms with E-state index >= 15 is 0 Å². The van der Waals surface area contributed by atoms with E-state index in [1.165, 1.54) is 18.2 Å². The Balaban J connectivity index is 0.00000169. The van der Waals surface area contributed by atoms with E-state index in [-0.39, 0.29) is 36.4 Å². The molecule has 2 fully saturated rings. The van der Waals surface area contributed by atoms with Crippen LogP contribution < -0.4 is 4.74 Å². The lowest BCUT2D eigenvalue weighted by molar-refractivity contribution is -0.275. The van der Waals surface area contributed by atoms with Gasteiger partial charge >= 0.3 is 12.3 Å². The SMILES string of the molecule is Cl.Cl.O=C(O)C(c1ccccc1OC(F)(F)F)N1CCN2CCCC2C1. The molecule has 2 saturated heterocycles. The molecule has 1 N–H and O–H groups in total. The maximum absolute atomic E-state index is 12.6. The van der Waals surface area contributed by atoms with Crippen LogP contribution in [-0.2, 0) is 4.79 Å². The summed E-state index contributed by atoms with van der Waals surface area (Å²) in [5.74, 6) is -1.62. The van der Waals surface area contributed by atoms with Gasteiger partial charge in [0.1, 0.15) is 11.8 Å². The predicted molar refractivity (Wildman–Crippen MR) is 94.2 cm³/mol. The molecule has 2 aliphatic rings. The summed E-state index contributed by atoms with van der Waals surface area (Å²) >= 11 is 0. The van der Waals surface area contributed by atoms with E-state index in [4.69, 9.17) is 0 Å². The number of rotatable bonds is 4. The molecule has 0 bridgehead atoms.